The molecular weight excluding hydrogens is 466 g/mol. The van der Waals surface area contributed by atoms with Crippen LogP contribution in [0.2, 0.25) is 5.02 Å². The zero-order valence-electron chi connectivity index (χ0n) is 20.2. The fourth-order valence-corrected chi connectivity index (χ4v) is 4.77. The van der Waals surface area contributed by atoms with Crippen LogP contribution in [0, 0.1) is 13.8 Å². The second-order valence-corrected chi connectivity index (χ2v) is 9.45. The molecule has 0 unspecified atom stereocenters. The van der Waals surface area contributed by atoms with Crippen molar-refractivity contribution < 1.29 is 14.3 Å². The SMILES string of the molecule is COC(=O)c1cn([C@H]2C[C@@H](C(=O)NCCc3cccc(Cl)c3)N(Cc3ccc(C)cc3C)C2)nn1. The van der Waals surface area contributed by atoms with Gasteiger partial charge in [-0.15, -0.1) is 5.10 Å². The maximum Gasteiger partial charge on any atom is 0.360 e. The van der Waals surface area contributed by atoms with Gasteiger partial charge < -0.3 is 10.1 Å². The average molecular weight is 496 g/mol. The van der Waals surface area contributed by atoms with Gasteiger partial charge >= 0.3 is 5.97 Å². The third-order valence-electron chi connectivity index (χ3n) is 6.44. The smallest absolute Gasteiger partial charge is 0.360 e. The van der Waals surface area contributed by atoms with E-state index >= 15 is 0 Å². The van der Waals surface area contributed by atoms with Crippen LogP contribution in [0.1, 0.15) is 45.2 Å². The summed E-state index contributed by atoms with van der Waals surface area (Å²) in [5, 5.41) is 11.8. The van der Waals surface area contributed by atoms with Crippen LogP contribution in [0.4, 0.5) is 0 Å². The third kappa shape index (κ3) is 6.07. The molecule has 1 aromatic heterocycles. The van der Waals surface area contributed by atoms with E-state index in [-0.39, 0.29) is 23.7 Å². The highest BCUT2D eigenvalue weighted by molar-refractivity contribution is 6.30. The molecule has 1 amide bonds. The van der Waals surface area contributed by atoms with Gasteiger partial charge in [0.2, 0.25) is 5.91 Å². The van der Waals surface area contributed by atoms with Crippen molar-refractivity contribution >= 4 is 23.5 Å². The molecule has 3 aromatic rings. The fraction of sp³-hybridized carbons (Fsp3) is 0.385. The Morgan fingerprint density at radius 2 is 2.03 bits per heavy atom. The Labute approximate surface area is 210 Å². The number of aromatic nitrogens is 3. The lowest BCUT2D eigenvalue weighted by atomic mass is 10.0. The molecule has 1 N–H and O–H groups in total. The van der Waals surface area contributed by atoms with Crippen molar-refractivity contribution in [1.29, 1.82) is 0 Å². The van der Waals surface area contributed by atoms with E-state index < -0.39 is 5.97 Å². The minimum Gasteiger partial charge on any atom is -0.464 e. The van der Waals surface area contributed by atoms with Crippen molar-refractivity contribution in [2.24, 2.45) is 0 Å². The summed E-state index contributed by atoms with van der Waals surface area (Å²) in [6.45, 7) is 5.95. The molecule has 0 aliphatic carbocycles. The number of ether oxygens (including phenoxy) is 1. The molecule has 1 aliphatic heterocycles. The number of nitrogens with one attached hydrogen (secondary N) is 1. The minimum atomic E-state index is -0.531. The second kappa shape index (κ2) is 11.0. The number of benzene rings is 2. The monoisotopic (exact) mass is 495 g/mol. The van der Waals surface area contributed by atoms with Crippen LogP contribution in [-0.2, 0) is 22.5 Å². The maximum atomic E-state index is 13.3. The summed E-state index contributed by atoms with van der Waals surface area (Å²) in [5.41, 5.74) is 4.82. The number of rotatable bonds is 8. The van der Waals surface area contributed by atoms with E-state index in [0.717, 1.165) is 5.56 Å². The minimum absolute atomic E-state index is 0.0207. The Kier molecular flexibility index (Phi) is 7.83. The molecule has 8 nitrogen and oxygen atoms in total. The van der Waals surface area contributed by atoms with Crippen LogP contribution in [0.15, 0.2) is 48.7 Å². The Morgan fingerprint density at radius 3 is 2.77 bits per heavy atom. The first kappa shape index (κ1) is 24.9. The number of nitrogens with zero attached hydrogens (tertiary/aromatic N) is 4. The molecule has 1 aliphatic rings. The Hall–Kier alpha value is -3.23. The summed E-state index contributed by atoms with van der Waals surface area (Å²) in [6.07, 6.45) is 2.86. The number of hydrogen-bond acceptors (Lipinski definition) is 6. The van der Waals surface area contributed by atoms with Crippen molar-refractivity contribution in [1.82, 2.24) is 25.2 Å². The van der Waals surface area contributed by atoms with Gasteiger partial charge in [0.15, 0.2) is 5.69 Å². The predicted molar refractivity (Wildman–Crippen MR) is 133 cm³/mol. The third-order valence-corrected chi connectivity index (χ3v) is 6.67. The van der Waals surface area contributed by atoms with E-state index in [0.29, 0.717) is 37.5 Å². The summed E-state index contributed by atoms with van der Waals surface area (Å²) >= 11 is 6.08. The Morgan fingerprint density at radius 1 is 1.20 bits per heavy atom. The van der Waals surface area contributed by atoms with Gasteiger partial charge in [-0.25, -0.2) is 9.48 Å². The van der Waals surface area contributed by atoms with Crippen LogP contribution >= 0.6 is 11.6 Å². The van der Waals surface area contributed by atoms with Crippen molar-refractivity contribution in [3.05, 3.63) is 81.6 Å². The number of carbonyl (C=O) groups excluding carboxylic acids is 2. The lowest BCUT2D eigenvalue weighted by molar-refractivity contribution is -0.125. The number of halogens is 1. The van der Waals surface area contributed by atoms with Gasteiger partial charge in [-0.1, -0.05) is 52.7 Å². The standard InChI is InChI=1S/C26H30ClN5O3/c1-17-7-8-20(18(2)11-17)14-31-15-22(32-16-23(29-30-32)26(34)35-3)13-24(31)25(33)28-10-9-19-5-4-6-21(27)12-19/h4-8,11-12,16,22,24H,9-10,13-15H2,1-3H3,(H,28,33)/t22-,24-/m0/s1. The summed E-state index contributed by atoms with van der Waals surface area (Å²) in [4.78, 5) is 27.3. The van der Waals surface area contributed by atoms with Crippen LogP contribution in [0.3, 0.4) is 0 Å². The molecule has 0 spiro atoms. The maximum absolute atomic E-state index is 13.3. The van der Waals surface area contributed by atoms with E-state index in [1.807, 2.05) is 24.3 Å². The highest BCUT2D eigenvalue weighted by Crippen LogP contribution is 2.29. The largest absolute Gasteiger partial charge is 0.464 e. The number of carbonyl (C=O) groups is 2. The van der Waals surface area contributed by atoms with Gasteiger partial charge in [0.25, 0.3) is 0 Å². The number of amides is 1. The normalized spacial score (nSPS) is 17.9. The van der Waals surface area contributed by atoms with Gasteiger partial charge in [0.05, 0.1) is 25.4 Å². The molecule has 184 valence electrons. The van der Waals surface area contributed by atoms with Crippen LogP contribution in [0.5, 0.6) is 0 Å². The molecule has 2 heterocycles. The zero-order valence-corrected chi connectivity index (χ0v) is 21.0. The highest BCUT2D eigenvalue weighted by Gasteiger charge is 2.38. The van der Waals surface area contributed by atoms with Crippen molar-refractivity contribution in [3.63, 3.8) is 0 Å². The molecule has 0 radical (unpaired) electrons. The Balaban J connectivity index is 1.48. The van der Waals surface area contributed by atoms with Crippen LogP contribution < -0.4 is 5.32 Å². The van der Waals surface area contributed by atoms with Crippen molar-refractivity contribution in [3.8, 4) is 0 Å². The summed E-state index contributed by atoms with van der Waals surface area (Å²) < 4.78 is 6.41. The number of likely N-dealkylation sites (tertiary alicyclic amines) is 1. The van der Waals surface area contributed by atoms with E-state index in [2.05, 4.69) is 52.6 Å². The number of methoxy groups -OCH3 is 1. The molecule has 0 bridgehead atoms. The molecule has 2 atom stereocenters. The quantitative estimate of drug-likeness (QED) is 0.481. The molecule has 2 aromatic carbocycles. The number of aryl methyl sites for hydroxylation is 2. The van der Waals surface area contributed by atoms with Crippen molar-refractivity contribution in [2.45, 2.75) is 45.3 Å². The lowest BCUT2D eigenvalue weighted by Crippen LogP contribution is -2.43. The highest BCUT2D eigenvalue weighted by atomic mass is 35.5. The van der Waals surface area contributed by atoms with E-state index in [9.17, 15) is 9.59 Å². The summed E-state index contributed by atoms with van der Waals surface area (Å²) in [7, 11) is 1.31. The molecule has 1 fully saturated rings. The van der Waals surface area contributed by atoms with Gasteiger partial charge in [-0.05, 0) is 55.5 Å². The molecule has 4 rings (SSSR count). The molecule has 0 saturated carbocycles. The second-order valence-electron chi connectivity index (χ2n) is 9.01. The van der Waals surface area contributed by atoms with Crippen LogP contribution in [-0.4, -0.2) is 58.0 Å². The van der Waals surface area contributed by atoms with Gasteiger partial charge in [-0.3, -0.25) is 9.69 Å². The molecule has 1 saturated heterocycles. The summed E-state index contributed by atoms with van der Waals surface area (Å²) in [6, 6.07) is 13.6. The zero-order chi connectivity index (χ0) is 24.9. The van der Waals surface area contributed by atoms with Crippen molar-refractivity contribution in [2.75, 3.05) is 20.2 Å². The average Bonchev–Trinajstić information content (AvgIpc) is 3.48. The summed E-state index contributed by atoms with van der Waals surface area (Å²) in [5.74, 6) is -0.552. The van der Waals surface area contributed by atoms with Gasteiger partial charge in [0, 0.05) is 24.7 Å². The van der Waals surface area contributed by atoms with Gasteiger partial charge in [-0.2, -0.15) is 0 Å². The first-order chi connectivity index (χ1) is 16.8. The lowest BCUT2D eigenvalue weighted by Gasteiger charge is -2.24. The topological polar surface area (TPSA) is 89.4 Å². The molecule has 9 heteroatoms. The van der Waals surface area contributed by atoms with E-state index in [4.69, 9.17) is 16.3 Å². The first-order valence-corrected chi connectivity index (χ1v) is 12.0. The molecular formula is C26H30ClN5O3. The molecule has 35 heavy (non-hydrogen) atoms. The van der Waals surface area contributed by atoms with E-state index in [1.165, 1.54) is 23.8 Å². The number of esters is 1. The predicted octanol–water partition coefficient (Wildman–Crippen LogP) is 3.51. The fourth-order valence-electron chi connectivity index (χ4n) is 4.55. The first-order valence-electron chi connectivity index (χ1n) is 11.7. The van der Waals surface area contributed by atoms with E-state index in [1.54, 1.807) is 10.9 Å². The van der Waals surface area contributed by atoms with Crippen LogP contribution in [0.25, 0.3) is 0 Å². The van der Waals surface area contributed by atoms with Gasteiger partial charge in [0.1, 0.15) is 0 Å². The Bertz CT molecular complexity index is 1210. The number of hydrogen-bond donors (Lipinski definition) is 1.